The van der Waals surface area contributed by atoms with Gasteiger partial charge in [0.15, 0.2) is 0 Å². The number of phenolic OH excluding ortho intramolecular Hbond substituents is 2. The fraction of sp³-hybridized carbons (Fsp3) is 0.484. The van der Waals surface area contributed by atoms with Crippen molar-refractivity contribution >= 4 is 11.9 Å². The molecule has 2 rings (SSSR count). The van der Waals surface area contributed by atoms with Gasteiger partial charge < -0.3 is 20.1 Å². The van der Waals surface area contributed by atoms with Gasteiger partial charge >= 0.3 is 11.9 Å². The first-order valence-electron chi connectivity index (χ1n) is 13.3. The molecule has 0 aliphatic carbocycles. The lowest BCUT2D eigenvalue weighted by molar-refractivity contribution is -0.144. The molecule has 0 saturated carbocycles. The van der Waals surface area contributed by atoms with Gasteiger partial charge in [0.25, 0.3) is 0 Å². The van der Waals surface area contributed by atoms with E-state index in [1.54, 1.807) is 24.3 Å². The van der Waals surface area contributed by atoms with E-state index in [1.807, 2.05) is 30.3 Å². The van der Waals surface area contributed by atoms with Crippen LogP contribution in [0.3, 0.4) is 0 Å². The molecule has 0 radical (unpaired) electrons. The van der Waals surface area contributed by atoms with Crippen molar-refractivity contribution in [2.24, 2.45) is 0 Å². The summed E-state index contributed by atoms with van der Waals surface area (Å²) in [5.41, 5.74) is 2.10. The van der Waals surface area contributed by atoms with E-state index < -0.39 is 11.9 Å². The molecule has 2 aromatic carbocycles. The van der Waals surface area contributed by atoms with Gasteiger partial charge in [0.1, 0.15) is 11.5 Å². The number of unbranched alkanes of at least 4 members (excludes halogenated alkanes) is 8. The van der Waals surface area contributed by atoms with Crippen molar-refractivity contribution in [1.82, 2.24) is 0 Å². The second-order valence-corrected chi connectivity index (χ2v) is 9.74. The predicted molar refractivity (Wildman–Crippen MR) is 148 cm³/mol. The highest BCUT2D eigenvalue weighted by Crippen LogP contribution is 2.32. The van der Waals surface area contributed by atoms with Crippen LogP contribution in [-0.2, 0) is 19.7 Å². The number of benzene rings is 2. The summed E-state index contributed by atoms with van der Waals surface area (Å²) < 4.78 is 4.78. The molecule has 0 heterocycles. The van der Waals surface area contributed by atoms with Gasteiger partial charge in [-0.05, 0) is 54.3 Å². The van der Waals surface area contributed by atoms with Gasteiger partial charge in [0.05, 0.1) is 19.1 Å². The largest absolute Gasteiger partial charge is 0.508 e. The van der Waals surface area contributed by atoms with Crippen molar-refractivity contribution in [3.63, 3.8) is 0 Å². The summed E-state index contributed by atoms with van der Waals surface area (Å²) in [4.78, 5) is 21.3. The van der Waals surface area contributed by atoms with Crippen LogP contribution in [-0.4, -0.2) is 27.3 Å². The molecule has 6 nitrogen and oxygen atoms in total. The molecule has 0 aliphatic rings. The molecular formula is C31H44O6. The number of aliphatic carboxylic acids is 1. The van der Waals surface area contributed by atoms with Gasteiger partial charge in [0, 0.05) is 5.41 Å². The fourth-order valence-electron chi connectivity index (χ4n) is 3.78. The minimum Gasteiger partial charge on any atom is -0.508 e. The van der Waals surface area contributed by atoms with Crippen molar-refractivity contribution < 1.29 is 29.6 Å². The van der Waals surface area contributed by atoms with Crippen LogP contribution in [0, 0.1) is 0 Å². The lowest BCUT2D eigenvalue weighted by atomic mass is 9.78. The Labute approximate surface area is 222 Å². The Balaban J connectivity index is 0.000000373. The topological polar surface area (TPSA) is 104 Å². The van der Waals surface area contributed by atoms with Crippen molar-refractivity contribution in [3.05, 3.63) is 72.0 Å². The van der Waals surface area contributed by atoms with Crippen LogP contribution in [0.25, 0.3) is 0 Å². The molecule has 0 aromatic heterocycles. The zero-order valence-corrected chi connectivity index (χ0v) is 22.6. The maximum atomic E-state index is 11.1. The normalized spacial score (nSPS) is 11.1. The van der Waals surface area contributed by atoms with Gasteiger partial charge in [-0.15, -0.1) is 0 Å². The van der Waals surface area contributed by atoms with E-state index >= 15 is 0 Å². The van der Waals surface area contributed by atoms with E-state index in [-0.39, 0.29) is 29.8 Å². The Hall–Kier alpha value is -3.28. The van der Waals surface area contributed by atoms with Crippen LogP contribution in [0.2, 0.25) is 0 Å². The lowest BCUT2D eigenvalue weighted by Gasteiger charge is -2.26. The highest BCUT2D eigenvalue weighted by Gasteiger charge is 2.22. The van der Waals surface area contributed by atoms with Gasteiger partial charge in [-0.25, -0.2) is 0 Å². The molecule has 0 fully saturated rings. The Bertz CT molecular complexity index is 882. The first-order valence-corrected chi connectivity index (χ1v) is 13.3. The molecule has 0 bridgehead atoms. The number of esters is 1. The molecular weight excluding hydrogens is 468 g/mol. The molecule has 0 unspecified atom stereocenters. The first-order chi connectivity index (χ1) is 17.7. The predicted octanol–water partition coefficient (Wildman–Crippen LogP) is 7.86. The summed E-state index contributed by atoms with van der Waals surface area (Å²) in [6, 6.07) is 14.4. The summed E-state index contributed by atoms with van der Waals surface area (Å²) in [5, 5.41) is 27.0. The third-order valence-corrected chi connectivity index (χ3v) is 6.24. The van der Waals surface area contributed by atoms with Gasteiger partial charge in [-0.3, -0.25) is 9.59 Å². The molecule has 0 amide bonds. The number of phenols is 2. The Morgan fingerprint density at radius 3 is 1.68 bits per heavy atom. The summed E-state index contributed by atoms with van der Waals surface area (Å²) in [6.45, 7) is 6.46. The number of aromatic hydroxyl groups is 2. The second kappa shape index (κ2) is 18.0. The number of hydrogen-bond acceptors (Lipinski definition) is 5. The van der Waals surface area contributed by atoms with E-state index in [0.29, 0.717) is 0 Å². The molecule has 204 valence electrons. The summed E-state index contributed by atoms with van der Waals surface area (Å²) in [7, 11) is 0. The van der Waals surface area contributed by atoms with E-state index in [9.17, 15) is 19.8 Å². The molecule has 0 spiro atoms. The highest BCUT2D eigenvalue weighted by atomic mass is 16.5. The van der Waals surface area contributed by atoms with Crippen molar-refractivity contribution in [3.8, 4) is 11.5 Å². The monoisotopic (exact) mass is 512 g/mol. The van der Waals surface area contributed by atoms with Crippen LogP contribution in [0.15, 0.2) is 60.9 Å². The van der Waals surface area contributed by atoms with Crippen molar-refractivity contribution in [1.29, 1.82) is 0 Å². The third-order valence-electron chi connectivity index (χ3n) is 6.24. The van der Waals surface area contributed by atoms with Gasteiger partial charge in [0.2, 0.25) is 0 Å². The van der Waals surface area contributed by atoms with Crippen molar-refractivity contribution in [2.45, 2.75) is 96.8 Å². The number of carbonyl (C=O) groups is 2. The number of carboxylic acids is 1. The Kier molecular flexibility index (Phi) is 15.5. The van der Waals surface area contributed by atoms with Crippen LogP contribution in [0.4, 0.5) is 0 Å². The zero-order valence-electron chi connectivity index (χ0n) is 22.6. The molecule has 6 heteroatoms. The zero-order chi connectivity index (χ0) is 27.5. The molecule has 0 saturated heterocycles. The van der Waals surface area contributed by atoms with Gasteiger partial charge in [-0.1, -0.05) is 90.0 Å². The second-order valence-electron chi connectivity index (χ2n) is 9.74. The molecule has 2 aromatic rings. The Morgan fingerprint density at radius 2 is 1.22 bits per heavy atom. The van der Waals surface area contributed by atoms with Crippen LogP contribution in [0.1, 0.15) is 103 Å². The summed E-state index contributed by atoms with van der Waals surface area (Å²) in [6.07, 6.45) is 14.1. The van der Waals surface area contributed by atoms with Crippen molar-refractivity contribution in [2.75, 3.05) is 0 Å². The number of ether oxygens (including phenoxy) is 1. The average Bonchev–Trinajstić information content (AvgIpc) is 2.87. The number of carbonyl (C=O) groups excluding carboxylic acids is 1. The lowest BCUT2D eigenvalue weighted by Crippen LogP contribution is -2.18. The molecule has 37 heavy (non-hydrogen) atoms. The van der Waals surface area contributed by atoms with Crippen LogP contribution in [0.5, 0.6) is 11.5 Å². The number of allylic oxidation sites excluding steroid dienone is 1. The number of hydrogen-bond donors (Lipinski definition) is 3. The first kappa shape index (κ1) is 31.7. The molecule has 3 N–H and O–H groups in total. The smallest absolute Gasteiger partial charge is 0.311 e. The Morgan fingerprint density at radius 1 is 0.757 bits per heavy atom. The SMILES string of the molecule is CC(C)(c1ccc(O)cc1)c1ccc(O)cc1.CCCCCCCCCCC=COC(=O)CCC(=O)O. The van der Waals surface area contributed by atoms with E-state index in [4.69, 9.17) is 9.84 Å². The van der Waals surface area contributed by atoms with Crippen LogP contribution >= 0.6 is 0 Å². The maximum Gasteiger partial charge on any atom is 0.311 e. The third kappa shape index (κ3) is 14.1. The quantitative estimate of drug-likeness (QED) is 0.127. The summed E-state index contributed by atoms with van der Waals surface area (Å²) in [5.74, 6) is -0.921. The number of carboxylic acid groups (broad SMARTS) is 1. The van der Waals surface area contributed by atoms with E-state index in [0.717, 1.165) is 24.0 Å². The molecule has 0 atom stereocenters. The standard InChI is InChI=1S/C16H28O4.C15H16O2/c1-2-3-4-5-6-7-8-9-10-11-14-20-16(19)13-12-15(17)18;1-15(2,11-3-7-13(16)8-4-11)12-5-9-14(17)10-6-12/h11,14H,2-10,12-13H2,1H3,(H,17,18);3-10,16-17H,1-2H3. The van der Waals surface area contributed by atoms with Crippen LogP contribution < -0.4 is 0 Å². The fourth-order valence-corrected chi connectivity index (χ4v) is 3.78. The van der Waals surface area contributed by atoms with E-state index in [2.05, 4.69) is 20.8 Å². The maximum absolute atomic E-state index is 11.1. The van der Waals surface area contributed by atoms with Gasteiger partial charge in [-0.2, -0.15) is 0 Å². The average molecular weight is 513 g/mol. The highest BCUT2D eigenvalue weighted by molar-refractivity contribution is 5.76. The number of rotatable bonds is 15. The summed E-state index contributed by atoms with van der Waals surface area (Å²) >= 11 is 0. The minimum atomic E-state index is -0.982. The van der Waals surface area contributed by atoms with E-state index in [1.165, 1.54) is 51.2 Å². The molecule has 0 aliphatic heterocycles. The minimum absolute atomic E-state index is 0.0720.